The Morgan fingerprint density at radius 1 is 1.18 bits per heavy atom. The van der Waals surface area contributed by atoms with Crippen molar-refractivity contribution in [3.63, 3.8) is 0 Å². The SMILES string of the molecule is O=C(NC[C@H](NS(=O)(=O)Cc1ccccc1C(F)(F)F)C(=O)O)c1cnn(CCc2ccc3c(n2)NCCC3)c1. The zero-order valence-corrected chi connectivity index (χ0v) is 21.9. The van der Waals surface area contributed by atoms with Crippen molar-refractivity contribution in [1.82, 2.24) is 24.8 Å². The van der Waals surface area contributed by atoms with E-state index >= 15 is 0 Å². The second-order valence-corrected chi connectivity index (χ2v) is 11.0. The monoisotopic (exact) mass is 580 g/mol. The van der Waals surface area contributed by atoms with Crippen LogP contribution in [0.4, 0.5) is 19.0 Å². The fourth-order valence-corrected chi connectivity index (χ4v) is 5.56. The molecule has 11 nitrogen and oxygen atoms in total. The molecule has 1 aliphatic heterocycles. The van der Waals surface area contributed by atoms with Crippen molar-refractivity contribution >= 4 is 27.7 Å². The molecular weight excluding hydrogens is 553 g/mol. The Labute approximate surface area is 227 Å². The summed E-state index contributed by atoms with van der Waals surface area (Å²) in [5.41, 5.74) is 0.456. The normalized spacial score (nSPS) is 14.2. The summed E-state index contributed by atoms with van der Waals surface area (Å²) in [5.74, 6) is -2.54. The maximum atomic E-state index is 13.2. The van der Waals surface area contributed by atoms with Gasteiger partial charge in [0.1, 0.15) is 11.9 Å². The highest BCUT2D eigenvalue weighted by molar-refractivity contribution is 7.88. The summed E-state index contributed by atoms with van der Waals surface area (Å²) in [6.45, 7) is 0.652. The number of alkyl halides is 3. The first-order chi connectivity index (χ1) is 18.9. The molecule has 2 aromatic heterocycles. The molecule has 214 valence electrons. The number of aromatic nitrogens is 3. The molecule has 1 amide bonds. The molecule has 0 saturated carbocycles. The summed E-state index contributed by atoms with van der Waals surface area (Å²) in [7, 11) is -4.52. The number of nitrogens with zero attached hydrogens (tertiary/aromatic N) is 3. The highest BCUT2D eigenvalue weighted by Crippen LogP contribution is 2.32. The van der Waals surface area contributed by atoms with Crippen LogP contribution in [-0.4, -0.2) is 59.3 Å². The van der Waals surface area contributed by atoms with E-state index in [1.807, 2.05) is 16.9 Å². The largest absolute Gasteiger partial charge is 0.480 e. The topological polar surface area (TPSA) is 155 Å². The van der Waals surface area contributed by atoms with Gasteiger partial charge < -0.3 is 15.7 Å². The van der Waals surface area contributed by atoms with Gasteiger partial charge in [0, 0.05) is 37.9 Å². The summed E-state index contributed by atoms with van der Waals surface area (Å²) >= 11 is 0. The van der Waals surface area contributed by atoms with Gasteiger partial charge in [-0.3, -0.25) is 14.3 Å². The van der Waals surface area contributed by atoms with E-state index in [2.05, 4.69) is 20.7 Å². The summed E-state index contributed by atoms with van der Waals surface area (Å²) < 4.78 is 68.0. The van der Waals surface area contributed by atoms with Crippen molar-refractivity contribution in [1.29, 1.82) is 0 Å². The minimum Gasteiger partial charge on any atom is -0.480 e. The van der Waals surface area contributed by atoms with Gasteiger partial charge in [-0.25, -0.2) is 13.4 Å². The third-order valence-electron chi connectivity index (χ3n) is 6.20. The number of nitrogens with one attached hydrogen (secondary N) is 3. The average Bonchev–Trinajstić information content (AvgIpc) is 3.38. The van der Waals surface area contributed by atoms with Gasteiger partial charge in [0.25, 0.3) is 5.91 Å². The minimum absolute atomic E-state index is 0.117. The van der Waals surface area contributed by atoms with Gasteiger partial charge in [0.2, 0.25) is 10.0 Å². The molecule has 0 spiro atoms. The molecule has 0 unspecified atom stereocenters. The van der Waals surface area contributed by atoms with Gasteiger partial charge in [-0.15, -0.1) is 0 Å². The number of pyridine rings is 1. The summed E-state index contributed by atoms with van der Waals surface area (Å²) in [5, 5.41) is 19.2. The van der Waals surface area contributed by atoms with Gasteiger partial charge in [0.05, 0.1) is 23.1 Å². The number of hydrogen-bond acceptors (Lipinski definition) is 7. The first-order valence-electron chi connectivity index (χ1n) is 12.3. The number of carboxylic acid groups (broad SMARTS) is 1. The summed E-state index contributed by atoms with van der Waals surface area (Å²) in [6, 6.07) is 6.26. The Balaban J connectivity index is 1.32. The lowest BCUT2D eigenvalue weighted by molar-refractivity contribution is -0.139. The van der Waals surface area contributed by atoms with E-state index < -0.39 is 57.5 Å². The van der Waals surface area contributed by atoms with Gasteiger partial charge in [0.15, 0.2) is 0 Å². The van der Waals surface area contributed by atoms with Crippen LogP contribution in [0.2, 0.25) is 0 Å². The number of aryl methyl sites for hydroxylation is 3. The number of carbonyl (C=O) groups is 2. The van der Waals surface area contributed by atoms with Crippen LogP contribution in [0, 0.1) is 0 Å². The number of sulfonamides is 1. The van der Waals surface area contributed by atoms with Crippen molar-refractivity contribution in [2.24, 2.45) is 0 Å². The maximum Gasteiger partial charge on any atom is 0.416 e. The molecule has 3 heterocycles. The molecule has 0 bridgehead atoms. The third kappa shape index (κ3) is 7.57. The fraction of sp³-hybridized carbons (Fsp3) is 0.360. The lowest BCUT2D eigenvalue weighted by Crippen LogP contribution is -2.48. The van der Waals surface area contributed by atoms with Crippen LogP contribution in [-0.2, 0) is 46.1 Å². The quantitative estimate of drug-likeness (QED) is 0.269. The molecule has 1 aromatic carbocycles. The molecule has 0 aliphatic carbocycles. The molecule has 1 atom stereocenters. The zero-order valence-electron chi connectivity index (χ0n) is 21.1. The standard InChI is InChI=1S/C25H27F3N6O5S/c26-25(27,28)20-6-2-1-4-17(20)15-40(38,39)33-21(24(36)37)13-30-23(35)18-12-31-34(14-18)11-9-19-8-7-16-5-3-10-29-22(16)32-19/h1-2,4,6-8,12,14,21,33H,3,5,9-11,13,15H2,(H,29,32)(H,30,35)(H,36,37)/t21-/m0/s1. The number of carbonyl (C=O) groups excluding carboxylic acids is 1. The van der Waals surface area contributed by atoms with Gasteiger partial charge in [-0.1, -0.05) is 24.3 Å². The number of carboxylic acids is 1. The second-order valence-electron chi connectivity index (χ2n) is 9.22. The van der Waals surface area contributed by atoms with Crippen LogP contribution in [0.25, 0.3) is 0 Å². The molecular formula is C25H27F3N6O5S. The van der Waals surface area contributed by atoms with Gasteiger partial charge >= 0.3 is 12.1 Å². The van der Waals surface area contributed by atoms with E-state index in [1.54, 1.807) is 0 Å². The van der Waals surface area contributed by atoms with Crippen LogP contribution in [0.1, 0.15) is 39.2 Å². The Morgan fingerprint density at radius 3 is 2.70 bits per heavy atom. The molecule has 3 aromatic rings. The fourth-order valence-electron chi connectivity index (χ4n) is 4.20. The van der Waals surface area contributed by atoms with Crippen LogP contribution >= 0.6 is 0 Å². The van der Waals surface area contributed by atoms with E-state index in [9.17, 15) is 36.3 Å². The zero-order chi connectivity index (χ0) is 28.9. The molecule has 0 saturated heterocycles. The minimum atomic E-state index is -4.79. The van der Waals surface area contributed by atoms with Crippen LogP contribution in [0.15, 0.2) is 48.8 Å². The van der Waals surface area contributed by atoms with Crippen LogP contribution in [0.5, 0.6) is 0 Å². The second kappa shape index (κ2) is 12.0. The number of aliphatic carboxylic acids is 1. The molecule has 1 aliphatic rings. The van der Waals surface area contributed by atoms with E-state index in [0.29, 0.717) is 13.0 Å². The number of fused-ring (bicyclic) bond motifs is 1. The number of hydrogen-bond donors (Lipinski definition) is 4. The Kier molecular flexibility index (Phi) is 8.73. The van der Waals surface area contributed by atoms with Gasteiger partial charge in [-0.2, -0.15) is 23.0 Å². The van der Waals surface area contributed by atoms with Crippen LogP contribution < -0.4 is 15.4 Å². The Bertz CT molecular complexity index is 1490. The van der Waals surface area contributed by atoms with Crippen molar-refractivity contribution in [2.45, 2.75) is 43.8 Å². The molecule has 0 radical (unpaired) electrons. The molecule has 0 fully saturated rings. The first kappa shape index (κ1) is 29.0. The predicted molar refractivity (Wildman–Crippen MR) is 138 cm³/mol. The smallest absolute Gasteiger partial charge is 0.416 e. The first-order valence-corrected chi connectivity index (χ1v) is 14.0. The van der Waals surface area contributed by atoms with E-state index in [4.69, 9.17) is 0 Å². The lowest BCUT2D eigenvalue weighted by Gasteiger charge is -2.17. The molecule has 40 heavy (non-hydrogen) atoms. The van der Waals surface area contributed by atoms with Crippen molar-refractivity contribution in [2.75, 3.05) is 18.4 Å². The lowest BCUT2D eigenvalue weighted by atomic mass is 10.1. The molecule has 15 heteroatoms. The summed E-state index contributed by atoms with van der Waals surface area (Å²) in [4.78, 5) is 28.8. The van der Waals surface area contributed by atoms with Gasteiger partial charge in [-0.05, 0) is 36.1 Å². The Hall–Kier alpha value is -3.98. The summed E-state index contributed by atoms with van der Waals surface area (Å²) in [6.07, 6.45) is 0.541. The highest BCUT2D eigenvalue weighted by Gasteiger charge is 2.35. The number of benzene rings is 1. The maximum absolute atomic E-state index is 13.2. The van der Waals surface area contributed by atoms with Crippen molar-refractivity contribution in [3.8, 4) is 0 Å². The van der Waals surface area contributed by atoms with Crippen molar-refractivity contribution in [3.05, 3.63) is 76.7 Å². The van der Waals surface area contributed by atoms with Crippen molar-refractivity contribution < 1.29 is 36.3 Å². The molecule has 4 rings (SSSR count). The number of anilines is 1. The number of rotatable bonds is 11. The van der Waals surface area contributed by atoms with E-state index in [-0.39, 0.29) is 5.56 Å². The average molecular weight is 581 g/mol. The number of halogens is 3. The molecule has 4 N–H and O–H groups in total. The van der Waals surface area contributed by atoms with E-state index in [1.165, 1.54) is 28.7 Å². The third-order valence-corrected chi connectivity index (χ3v) is 7.53. The predicted octanol–water partition coefficient (Wildman–Crippen LogP) is 2.20. The van der Waals surface area contributed by atoms with E-state index in [0.717, 1.165) is 49.1 Å². The Morgan fingerprint density at radius 2 is 1.95 bits per heavy atom. The highest BCUT2D eigenvalue weighted by atomic mass is 32.2. The van der Waals surface area contributed by atoms with Crippen LogP contribution in [0.3, 0.4) is 0 Å². The number of amides is 1.